The molecule has 94 valence electrons. The highest BCUT2D eigenvalue weighted by atomic mass is 35.5. The molecule has 0 aliphatic carbocycles. The maximum absolute atomic E-state index is 11.2. The zero-order chi connectivity index (χ0) is 12.7. The molecule has 0 bridgehead atoms. The van der Waals surface area contributed by atoms with Crippen LogP contribution in [-0.4, -0.2) is 43.1 Å². The Hall–Kier alpha value is -1.33. The first kappa shape index (κ1) is 13.7. The second-order valence-electron chi connectivity index (χ2n) is 3.77. The van der Waals surface area contributed by atoms with Crippen molar-refractivity contribution in [1.82, 2.24) is 20.5 Å². The predicted molar refractivity (Wildman–Crippen MR) is 68.0 cm³/mol. The third-order valence-electron chi connectivity index (χ3n) is 2.16. The molecule has 0 aliphatic rings. The molecule has 17 heavy (non-hydrogen) atoms. The monoisotopic (exact) mass is 256 g/mol. The van der Waals surface area contributed by atoms with E-state index in [4.69, 9.17) is 11.6 Å². The summed E-state index contributed by atoms with van der Waals surface area (Å²) in [6.07, 6.45) is 3.32. The number of nitrogens with one attached hydrogen (secondary N) is 2. The topological polar surface area (TPSA) is 57.3 Å². The van der Waals surface area contributed by atoms with Crippen LogP contribution in [0.3, 0.4) is 0 Å². The van der Waals surface area contributed by atoms with Crippen molar-refractivity contribution in [2.75, 3.05) is 27.2 Å². The summed E-state index contributed by atoms with van der Waals surface area (Å²) < 4.78 is 0. The summed E-state index contributed by atoms with van der Waals surface area (Å²) in [6.45, 7) is 1.94. The summed E-state index contributed by atoms with van der Waals surface area (Å²) >= 11 is 5.95. The molecule has 0 spiro atoms. The standard InChI is InChI=1S/C11H17ClN4O/c1-16(2)11(17)15-6-5-14-7-9-3-4-13-8-10(9)12/h3-4,8,14H,5-7H2,1-2H3,(H,15,17). The van der Waals surface area contributed by atoms with Crippen LogP contribution in [0.2, 0.25) is 5.02 Å². The number of pyridine rings is 1. The van der Waals surface area contributed by atoms with E-state index < -0.39 is 0 Å². The lowest BCUT2D eigenvalue weighted by atomic mass is 10.3. The van der Waals surface area contributed by atoms with E-state index >= 15 is 0 Å². The minimum atomic E-state index is -0.0891. The first-order valence-electron chi connectivity index (χ1n) is 5.35. The van der Waals surface area contributed by atoms with E-state index in [0.29, 0.717) is 24.7 Å². The van der Waals surface area contributed by atoms with E-state index in [0.717, 1.165) is 5.56 Å². The molecule has 0 saturated carbocycles. The van der Waals surface area contributed by atoms with Crippen molar-refractivity contribution in [3.05, 3.63) is 29.0 Å². The average molecular weight is 257 g/mol. The Morgan fingerprint density at radius 1 is 1.47 bits per heavy atom. The van der Waals surface area contributed by atoms with Crippen LogP contribution in [0.1, 0.15) is 5.56 Å². The summed E-state index contributed by atoms with van der Waals surface area (Å²) in [7, 11) is 3.42. The lowest BCUT2D eigenvalue weighted by Gasteiger charge is -2.12. The number of halogens is 1. The van der Waals surface area contributed by atoms with E-state index in [9.17, 15) is 4.79 Å². The van der Waals surface area contributed by atoms with Crippen LogP contribution in [0.25, 0.3) is 0 Å². The van der Waals surface area contributed by atoms with Gasteiger partial charge in [-0.05, 0) is 11.6 Å². The number of hydrogen-bond donors (Lipinski definition) is 2. The van der Waals surface area contributed by atoms with Crippen molar-refractivity contribution in [3.63, 3.8) is 0 Å². The molecule has 0 atom stereocenters. The SMILES string of the molecule is CN(C)C(=O)NCCNCc1ccncc1Cl. The Morgan fingerprint density at radius 3 is 2.88 bits per heavy atom. The molecule has 0 radical (unpaired) electrons. The molecule has 0 aliphatic heterocycles. The van der Waals surface area contributed by atoms with E-state index in [1.54, 1.807) is 26.5 Å². The van der Waals surface area contributed by atoms with Gasteiger partial charge in [0.25, 0.3) is 0 Å². The highest BCUT2D eigenvalue weighted by Crippen LogP contribution is 2.12. The van der Waals surface area contributed by atoms with Crippen LogP contribution in [0, 0.1) is 0 Å². The number of nitrogens with zero attached hydrogens (tertiary/aromatic N) is 2. The largest absolute Gasteiger partial charge is 0.337 e. The Balaban J connectivity index is 2.17. The Labute approximate surface area is 106 Å². The maximum atomic E-state index is 11.2. The number of carbonyl (C=O) groups is 1. The summed E-state index contributed by atoms with van der Waals surface area (Å²) in [5.41, 5.74) is 1.00. The predicted octanol–water partition coefficient (Wildman–Crippen LogP) is 1.10. The third-order valence-corrected chi connectivity index (χ3v) is 2.50. The Morgan fingerprint density at radius 2 is 2.24 bits per heavy atom. The second kappa shape index (κ2) is 7.09. The quantitative estimate of drug-likeness (QED) is 0.776. The molecule has 1 aromatic heterocycles. The van der Waals surface area contributed by atoms with Gasteiger partial charge >= 0.3 is 6.03 Å². The Kier molecular flexibility index (Phi) is 5.72. The molecule has 5 nitrogen and oxygen atoms in total. The molecule has 1 rings (SSSR count). The lowest BCUT2D eigenvalue weighted by molar-refractivity contribution is 0.217. The summed E-state index contributed by atoms with van der Waals surface area (Å²) in [5.74, 6) is 0. The van der Waals surface area contributed by atoms with Crippen LogP contribution >= 0.6 is 11.6 Å². The average Bonchev–Trinajstić information content (AvgIpc) is 2.30. The van der Waals surface area contributed by atoms with Crippen LogP contribution in [-0.2, 0) is 6.54 Å². The van der Waals surface area contributed by atoms with Crippen molar-refractivity contribution in [3.8, 4) is 0 Å². The number of aromatic nitrogens is 1. The molecule has 0 saturated heterocycles. The van der Waals surface area contributed by atoms with Gasteiger partial charge in [0, 0.05) is 46.1 Å². The molecule has 0 fully saturated rings. The van der Waals surface area contributed by atoms with Gasteiger partial charge in [0.05, 0.1) is 5.02 Å². The van der Waals surface area contributed by atoms with Crippen molar-refractivity contribution in [2.24, 2.45) is 0 Å². The van der Waals surface area contributed by atoms with Crippen molar-refractivity contribution < 1.29 is 4.79 Å². The van der Waals surface area contributed by atoms with E-state index in [1.807, 2.05) is 6.07 Å². The number of carbonyl (C=O) groups excluding carboxylic acids is 1. The fraction of sp³-hybridized carbons (Fsp3) is 0.455. The van der Waals surface area contributed by atoms with Gasteiger partial charge < -0.3 is 15.5 Å². The molecular weight excluding hydrogens is 240 g/mol. The van der Waals surface area contributed by atoms with Crippen molar-refractivity contribution in [1.29, 1.82) is 0 Å². The first-order valence-corrected chi connectivity index (χ1v) is 5.73. The van der Waals surface area contributed by atoms with Gasteiger partial charge in [0.2, 0.25) is 0 Å². The summed E-state index contributed by atoms with van der Waals surface area (Å²) in [5, 5.41) is 6.60. The molecule has 2 amide bonds. The molecule has 0 unspecified atom stereocenters. The van der Waals surface area contributed by atoms with Gasteiger partial charge in [-0.25, -0.2) is 4.79 Å². The molecule has 2 N–H and O–H groups in total. The van der Waals surface area contributed by atoms with Gasteiger partial charge in [-0.2, -0.15) is 0 Å². The van der Waals surface area contributed by atoms with Crippen molar-refractivity contribution >= 4 is 17.6 Å². The number of amides is 2. The van der Waals surface area contributed by atoms with E-state index in [2.05, 4.69) is 15.6 Å². The molecule has 0 aromatic carbocycles. The molecule has 1 aromatic rings. The fourth-order valence-corrected chi connectivity index (χ4v) is 1.37. The minimum Gasteiger partial charge on any atom is -0.337 e. The minimum absolute atomic E-state index is 0.0891. The summed E-state index contributed by atoms with van der Waals surface area (Å²) in [6, 6.07) is 1.78. The van der Waals surface area contributed by atoms with Crippen molar-refractivity contribution in [2.45, 2.75) is 6.54 Å². The van der Waals surface area contributed by atoms with Crippen LogP contribution < -0.4 is 10.6 Å². The molecular formula is C11H17ClN4O. The van der Waals surface area contributed by atoms with Gasteiger partial charge in [-0.1, -0.05) is 11.6 Å². The second-order valence-corrected chi connectivity index (χ2v) is 4.18. The van der Waals surface area contributed by atoms with Crippen LogP contribution in [0.5, 0.6) is 0 Å². The zero-order valence-corrected chi connectivity index (χ0v) is 10.8. The lowest BCUT2D eigenvalue weighted by Crippen LogP contribution is -2.38. The van der Waals surface area contributed by atoms with Gasteiger partial charge in [-0.3, -0.25) is 4.98 Å². The van der Waals surface area contributed by atoms with Gasteiger partial charge in [-0.15, -0.1) is 0 Å². The van der Waals surface area contributed by atoms with Crippen LogP contribution in [0.15, 0.2) is 18.5 Å². The third kappa shape index (κ3) is 5.01. The van der Waals surface area contributed by atoms with Crippen LogP contribution in [0.4, 0.5) is 4.79 Å². The van der Waals surface area contributed by atoms with E-state index in [-0.39, 0.29) is 6.03 Å². The van der Waals surface area contributed by atoms with Gasteiger partial charge in [0.1, 0.15) is 0 Å². The number of hydrogen-bond acceptors (Lipinski definition) is 3. The van der Waals surface area contributed by atoms with Gasteiger partial charge in [0.15, 0.2) is 0 Å². The zero-order valence-electron chi connectivity index (χ0n) is 10.0. The summed E-state index contributed by atoms with van der Waals surface area (Å²) in [4.78, 5) is 16.6. The smallest absolute Gasteiger partial charge is 0.316 e. The Bertz CT molecular complexity index is 370. The normalized spacial score (nSPS) is 10.1. The molecule has 1 heterocycles. The molecule has 6 heteroatoms. The fourth-order valence-electron chi connectivity index (χ4n) is 1.19. The highest BCUT2D eigenvalue weighted by Gasteiger charge is 2.01. The van der Waals surface area contributed by atoms with E-state index in [1.165, 1.54) is 4.90 Å². The number of rotatable bonds is 5. The highest BCUT2D eigenvalue weighted by molar-refractivity contribution is 6.31. The first-order chi connectivity index (χ1) is 8.11. The number of urea groups is 1. The maximum Gasteiger partial charge on any atom is 0.316 e.